The first-order valence-electron chi connectivity index (χ1n) is 7.69. The summed E-state index contributed by atoms with van der Waals surface area (Å²) in [7, 11) is 0. The van der Waals surface area contributed by atoms with Crippen molar-refractivity contribution >= 4 is 29.3 Å². The van der Waals surface area contributed by atoms with Crippen LogP contribution in [0.4, 0.5) is 0 Å². The molecule has 1 aliphatic rings. The summed E-state index contributed by atoms with van der Waals surface area (Å²) in [5, 5.41) is 13.0. The van der Waals surface area contributed by atoms with E-state index in [9.17, 15) is 4.79 Å². The monoisotopic (exact) mass is 351 g/mol. The van der Waals surface area contributed by atoms with E-state index in [2.05, 4.69) is 15.5 Å². The average Bonchev–Trinajstić information content (AvgIpc) is 2.86. The van der Waals surface area contributed by atoms with Gasteiger partial charge in [-0.3, -0.25) is 4.79 Å². The number of amides is 1. The summed E-state index contributed by atoms with van der Waals surface area (Å²) in [4.78, 5) is 14.3. The summed E-state index contributed by atoms with van der Waals surface area (Å²) in [6.07, 6.45) is 4.62. The highest BCUT2D eigenvalue weighted by molar-refractivity contribution is 7.99. The van der Waals surface area contributed by atoms with Crippen LogP contribution in [0.15, 0.2) is 29.4 Å². The standard InChI is InChI=1S/C15H18ClN5OS/c16-12-5-7-13(8-6-12)21-15(17-18-19-21)23-11-14(22)20-9-3-1-2-4-10-20/h5-8H,1-4,9-11H2. The molecule has 1 aliphatic heterocycles. The fourth-order valence-electron chi connectivity index (χ4n) is 2.55. The normalized spacial score (nSPS) is 15.4. The zero-order valence-corrected chi connectivity index (χ0v) is 14.3. The van der Waals surface area contributed by atoms with E-state index in [0.29, 0.717) is 15.9 Å². The molecule has 1 aromatic carbocycles. The van der Waals surface area contributed by atoms with Crippen molar-refractivity contribution in [3.8, 4) is 5.69 Å². The average molecular weight is 352 g/mol. The van der Waals surface area contributed by atoms with E-state index < -0.39 is 0 Å². The molecule has 0 atom stereocenters. The molecule has 8 heteroatoms. The summed E-state index contributed by atoms with van der Waals surface area (Å²) >= 11 is 7.26. The van der Waals surface area contributed by atoms with Crippen molar-refractivity contribution in [3.63, 3.8) is 0 Å². The maximum Gasteiger partial charge on any atom is 0.233 e. The second kappa shape index (κ2) is 7.79. The van der Waals surface area contributed by atoms with Crippen molar-refractivity contribution in [2.24, 2.45) is 0 Å². The topological polar surface area (TPSA) is 63.9 Å². The highest BCUT2D eigenvalue weighted by atomic mass is 35.5. The number of benzene rings is 1. The Morgan fingerprint density at radius 3 is 2.52 bits per heavy atom. The molecule has 23 heavy (non-hydrogen) atoms. The van der Waals surface area contributed by atoms with E-state index in [-0.39, 0.29) is 5.91 Å². The lowest BCUT2D eigenvalue weighted by molar-refractivity contribution is -0.128. The maximum absolute atomic E-state index is 12.3. The van der Waals surface area contributed by atoms with Gasteiger partial charge in [-0.1, -0.05) is 36.2 Å². The number of carbonyl (C=O) groups excluding carboxylic acids is 1. The van der Waals surface area contributed by atoms with Gasteiger partial charge < -0.3 is 4.90 Å². The van der Waals surface area contributed by atoms with Gasteiger partial charge in [-0.05, 0) is 47.5 Å². The quantitative estimate of drug-likeness (QED) is 0.792. The van der Waals surface area contributed by atoms with E-state index in [1.54, 1.807) is 16.8 Å². The molecule has 0 radical (unpaired) electrons. The lowest BCUT2D eigenvalue weighted by Gasteiger charge is -2.19. The first-order valence-corrected chi connectivity index (χ1v) is 9.05. The molecule has 1 fully saturated rings. The Labute approximate surface area is 144 Å². The molecular formula is C15H18ClN5OS. The SMILES string of the molecule is O=C(CSc1nnnn1-c1ccc(Cl)cc1)N1CCCCCC1. The zero-order valence-electron chi connectivity index (χ0n) is 12.7. The number of hydrogen-bond acceptors (Lipinski definition) is 5. The van der Waals surface area contributed by atoms with Gasteiger partial charge in [0.25, 0.3) is 0 Å². The van der Waals surface area contributed by atoms with Crippen LogP contribution in [-0.2, 0) is 4.79 Å². The third kappa shape index (κ3) is 4.23. The third-order valence-electron chi connectivity index (χ3n) is 3.80. The molecule has 3 rings (SSSR count). The number of likely N-dealkylation sites (tertiary alicyclic amines) is 1. The van der Waals surface area contributed by atoms with Gasteiger partial charge in [0.2, 0.25) is 11.1 Å². The largest absolute Gasteiger partial charge is 0.342 e. The molecule has 0 bridgehead atoms. The lowest BCUT2D eigenvalue weighted by Crippen LogP contribution is -2.33. The molecule has 1 aromatic heterocycles. The van der Waals surface area contributed by atoms with Crippen LogP contribution in [0.1, 0.15) is 25.7 Å². The van der Waals surface area contributed by atoms with Crippen LogP contribution in [0, 0.1) is 0 Å². The Morgan fingerprint density at radius 1 is 1.13 bits per heavy atom. The number of aromatic nitrogens is 4. The molecule has 2 heterocycles. The Morgan fingerprint density at radius 2 is 1.83 bits per heavy atom. The van der Waals surface area contributed by atoms with E-state index >= 15 is 0 Å². The van der Waals surface area contributed by atoms with Gasteiger partial charge in [0.15, 0.2) is 0 Å². The minimum Gasteiger partial charge on any atom is -0.342 e. The Kier molecular flexibility index (Phi) is 5.51. The Balaban J connectivity index is 1.63. The highest BCUT2D eigenvalue weighted by Gasteiger charge is 2.17. The molecule has 0 aliphatic carbocycles. The zero-order chi connectivity index (χ0) is 16.1. The van der Waals surface area contributed by atoms with Crippen molar-refractivity contribution in [2.45, 2.75) is 30.8 Å². The number of rotatable bonds is 4. The van der Waals surface area contributed by atoms with Gasteiger partial charge in [-0.25, -0.2) is 0 Å². The molecule has 0 spiro atoms. The van der Waals surface area contributed by atoms with Crippen LogP contribution in [0.5, 0.6) is 0 Å². The first-order chi connectivity index (χ1) is 11.2. The van der Waals surface area contributed by atoms with Gasteiger partial charge in [0, 0.05) is 18.1 Å². The summed E-state index contributed by atoms with van der Waals surface area (Å²) in [5.74, 6) is 0.510. The number of nitrogens with zero attached hydrogens (tertiary/aromatic N) is 5. The van der Waals surface area contributed by atoms with Crippen LogP contribution in [0.2, 0.25) is 5.02 Å². The maximum atomic E-state index is 12.3. The van der Waals surface area contributed by atoms with E-state index in [0.717, 1.165) is 31.6 Å². The molecular weight excluding hydrogens is 334 g/mol. The predicted octanol–water partition coefficient (Wildman–Crippen LogP) is 2.81. The van der Waals surface area contributed by atoms with Crippen LogP contribution in [0.25, 0.3) is 5.69 Å². The summed E-state index contributed by atoms with van der Waals surface area (Å²) in [6, 6.07) is 7.27. The highest BCUT2D eigenvalue weighted by Crippen LogP contribution is 2.20. The van der Waals surface area contributed by atoms with Crippen LogP contribution < -0.4 is 0 Å². The number of tetrazole rings is 1. The van der Waals surface area contributed by atoms with Crippen molar-refractivity contribution in [1.82, 2.24) is 25.1 Å². The van der Waals surface area contributed by atoms with Gasteiger partial charge in [0.05, 0.1) is 11.4 Å². The van der Waals surface area contributed by atoms with Gasteiger partial charge >= 0.3 is 0 Å². The minimum atomic E-state index is 0.155. The Hall–Kier alpha value is -1.60. The summed E-state index contributed by atoms with van der Waals surface area (Å²) < 4.78 is 1.62. The van der Waals surface area contributed by atoms with Gasteiger partial charge in [-0.2, -0.15) is 4.68 Å². The number of halogens is 1. The van der Waals surface area contributed by atoms with Crippen LogP contribution >= 0.6 is 23.4 Å². The van der Waals surface area contributed by atoms with Crippen molar-refractivity contribution in [1.29, 1.82) is 0 Å². The summed E-state index contributed by atoms with van der Waals surface area (Å²) in [6.45, 7) is 1.73. The van der Waals surface area contributed by atoms with E-state index in [1.807, 2.05) is 17.0 Å². The van der Waals surface area contributed by atoms with Gasteiger partial charge in [-0.15, -0.1) is 5.10 Å². The summed E-state index contributed by atoms with van der Waals surface area (Å²) in [5.41, 5.74) is 0.823. The first kappa shape index (κ1) is 16.3. The molecule has 0 unspecified atom stereocenters. The molecule has 2 aromatic rings. The number of hydrogen-bond donors (Lipinski definition) is 0. The second-order valence-corrected chi connectivity index (χ2v) is 6.81. The molecule has 1 amide bonds. The van der Waals surface area contributed by atoms with E-state index in [1.165, 1.54) is 24.6 Å². The smallest absolute Gasteiger partial charge is 0.233 e. The number of thioether (sulfide) groups is 1. The Bertz CT molecular complexity index is 652. The molecule has 122 valence electrons. The third-order valence-corrected chi connectivity index (χ3v) is 4.95. The van der Waals surface area contributed by atoms with Crippen LogP contribution in [-0.4, -0.2) is 49.9 Å². The minimum absolute atomic E-state index is 0.155. The predicted molar refractivity (Wildman–Crippen MR) is 89.9 cm³/mol. The lowest BCUT2D eigenvalue weighted by atomic mass is 10.2. The molecule has 6 nitrogen and oxygen atoms in total. The van der Waals surface area contributed by atoms with E-state index in [4.69, 9.17) is 11.6 Å². The van der Waals surface area contributed by atoms with Crippen molar-refractivity contribution in [2.75, 3.05) is 18.8 Å². The van der Waals surface area contributed by atoms with Crippen molar-refractivity contribution < 1.29 is 4.79 Å². The van der Waals surface area contributed by atoms with Gasteiger partial charge in [0.1, 0.15) is 0 Å². The number of carbonyl (C=O) groups is 1. The second-order valence-electron chi connectivity index (χ2n) is 5.43. The van der Waals surface area contributed by atoms with Crippen molar-refractivity contribution in [3.05, 3.63) is 29.3 Å². The van der Waals surface area contributed by atoms with Crippen LogP contribution in [0.3, 0.4) is 0 Å². The molecule has 1 saturated heterocycles. The fraction of sp³-hybridized carbons (Fsp3) is 0.467. The molecule has 0 N–H and O–H groups in total. The molecule has 0 saturated carbocycles. The fourth-order valence-corrected chi connectivity index (χ4v) is 3.47.